The number of halogens is 2. The van der Waals surface area contributed by atoms with E-state index >= 15 is 0 Å². The summed E-state index contributed by atoms with van der Waals surface area (Å²) < 4.78 is 18.5. The Hall–Kier alpha value is -1.97. The van der Waals surface area contributed by atoms with Gasteiger partial charge in [0.1, 0.15) is 5.82 Å². The van der Waals surface area contributed by atoms with Gasteiger partial charge in [0.25, 0.3) is 0 Å². The molecule has 0 unspecified atom stereocenters. The molecule has 1 heterocycles. The molecule has 1 aromatic rings. The summed E-state index contributed by atoms with van der Waals surface area (Å²) in [5.41, 5.74) is 0.449. The Morgan fingerprint density at radius 2 is 2.28 bits per heavy atom. The van der Waals surface area contributed by atoms with Gasteiger partial charge in [0.05, 0.1) is 17.3 Å². The molecule has 1 aliphatic rings. The molecule has 1 aliphatic heterocycles. The van der Waals surface area contributed by atoms with Crippen molar-refractivity contribution >= 4 is 29.0 Å². The molecule has 1 aromatic carbocycles. The highest BCUT2D eigenvalue weighted by Crippen LogP contribution is 2.36. The van der Waals surface area contributed by atoms with Gasteiger partial charge in [0, 0.05) is 5.56 Å². The first-order valence-corrected chi connectivity index (χ1v) is 5.54. The molecule has 0 saturated heterocycles. The van der Waals surface area contributed by atoms with Crippen LogP contribution in [0.25, 0.3) is 5.76 Å². The fourth-order valence-corrected chi connectivity index (χ4v) is 1.80. The summed E-state index contributed by atoms with van der Waals surface area (Å²) in [6, 6.07) is 2.35. The van der Waals surface area contributed by atoms with Gasteiger partial charge in [-0.15, -0.1) is 0 Å². The van der Waals surface area contributed by atoms with Crippen molar-refractivity contribution < 1.29 is 19.0 Å². The molecular weight excluding hydrogens is 261 g/mol. The van der Waals surface area contributed by atoms with E-state index in [1.54, 1.807) is 12.9 Å². The van der Waals surface area contributed by atoms with E-state index in [9.17, 15) is 14.3 Å². The summed E-state index contributed by atoms with van der Waals surface area (Å²) in [5.74, 6) is 0.578. The zero-order valence-electron chi connectivity index (χ0n) is 9.38. The molecule has 0 atom stereocenters. The zero-order valence-corrected chi connectivity index (χ0v) is 10.1. The summed E-state index contributed by atoms with van der Waals surface area (Å²) in [6.07, 6.45) is 0. The van der Waals surface area contributed by atoms with Gasteiger partial charge in [-0.25, -0.2) is 9.18 Å². The molecule has 2 rings (SSSR count). The second kappa shape index (κ2) is 4.72. The Morgan fingerprint density at radius 1 is 1.56 bits per heavy atom. The Labute approximate surface area is 107 Å². The van der Waals surface area contributed by atoms with Gasteiger partial charge in [0.2, 0.25) is 0 Å². The van der Waals surface area contributed by atoms with Crippen molar-refractivity contribution in [3.8, 4) is 0 Å². The smallest absolute Gasteiger partial charge is 0.196 e. The van der Waals surface area contributed by atoms with E-state index in [2.05, 4.69) is 5.32 Å². The zero-order chi connectivity index (χ0) is 13.3. The minimum absolute atomic E-state index is 0.0514. The fourth-order valence-electron chi connectivity index (χ4n) is 1.64. The molecule has 0 amide bonds. The molecule has 4 nitrogen and oxygen atoms in total. The van der Waals surface area contributed by atoms with Gasteiger partial charge in [-0.1, -0.05) is 11.6 Å². The van der Waals surface area contributed by atoms with Gasteiger partial charge in [-0.3, -0.25) is 0 Å². The third-order valence-corrected chi connectivity index (χ3v) is 2.70. The van der Waals surface area contributed by atoms with Gasteiger partial charge < -0.3 is 15.2 Å². The number of rotatable bonds is 2. The van der Waals surface area contributed by atoms with Gasteiger partial charge in [0.15, 0.2) is 23.2 Å². The monoisotopic (exact) mass is 269 g/mol. The van der Waals surface area contributed by atoms with Crippen molar-refractivity contribution in [3.05, 3.63) is 40.0 Å². The fraction of sp³-hybridized carbons (Fsp3) is 0.167. The van der Waals surface area contributed by atoms with E-state index in [1.165, 1.54) is 6.07 Å². The molecular formula is C12H9ClFNO3. The van der Waals surface area contributed by atoms with Gasteiger partial charge in [-0.2, -0.15) is 0 Å². The normalized spacial score (nSPS) is 13.8. The van der Waals surface area contributed by atoms with Crippen LogP contribution in [-0.2, 0) is 9.53 Å². The molecule has 0 spiro atoms. The quantitative estimate of drug-likeness (QED) is 0.811. The minimum atomic E-state index is -0.668. The predicted molar refractivity (Wildman–Crippen MR) is 65.4 cm³/mol. The van der Waals surface area contributed by atoms with Gasteiger partial charge >= 0.3 is 0 Å². The SMILES string of the molecule is CCOC1=C(O)c2cc(F)c(Cl)cc2NC1=C=O. The predicted octanol–water partition coefficient (Wildman–Crippen LogP) is 2.88. The third-order valence-electron chi connectivity index (χ3n) is 2.41. The summed E-state index contributed by atoms with van der Waals surface area (Å²) in [7, 11) is 0. The number of anilines is 1. The molecule has 0 radical (unpaired) electrons. The van der Waals surface area contributed by atoms with E-state index < -0.39 is 5.82 Å². The number of hydrogen-bond acceptors (Lipinski definition) is 4. The topological polar surface area (TPSA) is 58.6 Å². The third kappa shape index (κ3) is 1.94. The maximum absolute atomic E-state index is 13.4. The van der Waals surface area contributed by atoms with Crippen molar-refractivity contribution in [1.29, 1.82) is 0 Å². The van der Waals surface area contributed by atoms with E-state index in [-0.39, 0.29) is 34.4 Å². The lowest BCUT2D eigenvalue weighted by atomic mass is 10.0. The molecule has 0 fully saturated rings. The van der Waals surface area contributed by atoms with Gasteiger partial charge in [-0.05, 0) is 19.1 Å². The maximum atomic E-state index is 13.4. The summed E-state index contributed by atoms with van der Waals surface area (Å²) >= 11 is 5.63. The summed E-state index contributed by atoms with van der Waals surface area (Å²) in [4.78, 5) is 10.8. The van der Waals surface area contributed by atoms with Crippen LogP contribution in [0.5, 0.6) is 0 Å². The lowest BCUT2D eigenvalue weighted by molar-refractivity contribution is 0.230. The number of nitrogens with one attached hydrogen (secondary N) is 1. The van der Waals surface area contributed by atoms with Crippen LogP contribution in [0.3, 0.4) is 0 Å². The number of benzene rings is 1. The van der Waals surface area contributed by atoms with Crippen molar-refractivity contribution in [2.24, 2.45) is 0 Å². The number of hydrogen-bond donors (Lipinski definition) is 2. The first kappa shape index (κ1) is 12.5. The Kier molecular flexibility index (Phi) is 3.28. The van der Waals surface area contributed by atoms with Crippen LogP contribution in [0, 0.1) is 5.82 Å². The highest BCUT2D eigenvalue weighted by Gasteiger charge is 2.26. The number of carbonyl (C=O) groups excluding carboxylic acids is 1. The average molecular weight is 270 g/mol. The van der Waals surface area contributed by atoms with E-state index in [0.717, 1.165) is 6.07 Å². The van der Waals surface area contributed by atoms with Crippen LogP contribution in [0.15, 0.2) is 23.6 Å². The number of fused-ring (bicyclic) bond motifs is 1. The second-order valence-corrected chi connectivity index (χ2v) is 3.93. The molecule has 0 saturated carbocycles. The van der Waals surface area contributed by atoms with Crippen LogP contribution in [-0.4, -0.2) is 17.7 Å². The Bertz CT molecular complexity index is 591. The highest BCUT2D eigenvalue weighted by atomic mass is 35.5. The molecule has 0 aromatic heterocycles. The molecule has 6 heteroatoms. The van der Waals surface area contributed by atoms with E-state index in [4.69, 9.17) is 16.3 Å². The lowest BCUT2D eigenvalue weighted by Crippen LogP contribution is -2.15. The summed E-state index contributed by atoms with van der Waals surface area (Å²) in [5, 5.41) is 12.5. The van der Waals surface area contributed by atoms with Crippen molar-refractivity contribution in [3.63, 3.8) is 0 Å². The maximum Gasteiger partial charge on any atom is 0.196 e. The van der Waals surface area contributed by atoms with Crippen LogP contribution in [0.2, 0.25) is 5.02 Å². The number of aliphatic hydroxyl groups is 1. The van der Waals surface area contributed by atoms with Crippen molar-refractivity contribution in [1.82, 2.24) is 0 Å². The highest BCUT2D eigenvalue weighted by molar-refractivity contribution is 6.31. The second-order valence-electron chi connectivity index (χ2n) is 3.52. The first-order chi connectivity index (χ1) is 8.58. The van der Waals surface area contributed by atoms with Crippen LogP contribution in [0.4, 0.5) is 10.1 Å². The molecule has 2 N–H and O–H groups in total. The van der Waals surface area contributed by atoms with Crippen LogP contribution in [0.1, 0.15) is 12.5 Å². The molecule has 18 heavy (non-hydrogen) atoms. The Balaban J connectivity index is 2.65. The van der Waals surface area contributed by atoms with E-state index in [0.29, 0.717) is 5.69 Å². The lowest BCUT2D eigenvalue weighted by Gasteiger charge is -2.21. The first-order valence-electron chi connectivity index (χ1n) is 5.16. The Morgan fingerprint density at radius 3 is 2.89 bits per heavy atom. The standard InChI is InChI=1S/C12H9ClFNO3/c1-2-18-12-10(5-16)15-9-4-7(13)8(14)3-6(9)11(12)17/h3-4,15,17H,2H2,1H3. The number of ether oxygens (including phenoxy) is 1. The largest absolute Gasteiger partial charge is 0.504 e. The number of aliphatic hydroxyl groups excluding tert-OH is 1. The molecule has 0 bridgehead atoms. The van der Waals surface area contributed by atoms with Crippen LogP contribution >= 0.6 is 11.6 Å². The average Bonchev–Trinajstić information content (AvgIpc) is 2.35. The molecule has 0 aliphatic carbocycles. The summed E-state index contributed by atoms with van der Waals surface area (Å²) in [6.45, 7) is 1.94. The minimum Gasteiger partial charge on any atom is -0.504 e. The van der Waals surface area contributed by atoms with E-state index in [1.807, 2.05) is 0 Å². The molecule has 94 valence electrons. The van der Waals surface area contributed by atoms with Crippen LogP contribution < -0.4 is 5.32 Å². The van der Waals surface area contributed by atoms with Crippen molar-refractivity contribution in [2.75, 3.05) is 11.9 Å². The van der Waals surface area contributed by atoms with Crippen molar-refractivity contribution in [2.45, 2.75) is 6.92 Å².